The second kappa shape index (κ2) is 6.09. The van der Waals surface area contributed by atoms with Gasteiger partial charge in [0, 0.05) is 41.6 Å². The molecule has 0 spiro atoms. The molecule has 5 rings (SSSR count). The highest BCUT2D eigenvalue weighted by Crippen LogP contribution is 2.35. The lowest BCUT2D eigenvalue weighted by molar-refractivity contribution is 0.495. The number of hydrogen-bond acceptors (Lipinski definition) is 4. The number of hydrogen-bond donors (Lipinski definition) is 1. The third-order valence-electron chi connectivity index (χ3n) is 4.59. The standard InChI is InChI=1S/C17H16FN5S.ClH/c1-22-8-11-4-10(5-14(18)16(11)20-22)15-6-12-9-23(21-17(12)24-15)13-2-3-19-7-13;/h4-6,8-9,13,19H,2-3,7H2,1H3;1H/t13-;/m0./s1. The zero-order chi connectivity index (χ0) is 16.3. The van der Waals surface area contributed by atoms with Gasteiger partial charge in [0.2, 0.25) is 0 Å². The molecule has 5 nitrogen and oxygen atoms in total. The van der Waals surface area contributed by atoms with Gasteiger partial charge in [0.25, 0.3) is 0 Å². The van der Waals surface area contributed by atoms with Gasteiger partial charge in [-0.2, -0.15) is 10.2 Å². The van der Waals surface area contributed by atoms with Crippen LogP contribution in [0.3, 0.4) is 0 Å². The lowest BCUT2D eigenvalue weighted by Crippen LogP contribution is -2.13. The average Bonchev–Trinajstić information content (AvgIpc) is 3.28. The molecule has 1 aromatic carbocycles. The molecule has 0 radical (unpaired) electrons. The Hall–Kier alpha value is -1.96. The minimum atomic E-state index is -0.281. The average molecular weight is 378 g/mol. The first-order valence-corrected chi connectivity index (χ1v) is 8.82. The van der Waals surface area contributed by atoms with Crippen molar-refractivity contribution >= 4 is 44.9 Å². The topological polar surface area (TPSA) is 47.7 Å². The number of nitrogens with one attached hydrogen (secondary N) is 1. The lowest BCUT2D eigenvalue weighted by atomic mass is 10.1. The van der Waals surface area contributed by atoms with E-state index in [1.807, 2.05) is 12.3 Å². The fourth-order valence-electron chi connectivity index (χ4n) is 3.39. The van der Waals surface area contributed by atoms with Crippen molar-refractivity contribution in [1.29, 1.82) is 0 Å². The maximum atomic E-state index is 14.3. The predicted molar refractivity (Wildman–Crippen MR) is 101 cm³/mol. The van der Waals surface area contributed by atoms with Crippen LogP contribution >= 0.6 is 23.7 Å². The summed E-state index contributed by atoms with van der Waals surface area (Å²) in [5, 5.41) is 14.2. The van der Waals surface area contributed by atoms with Gasteiger partial charge >= 0.3 is 0 Å². The number of benzene rings is 1. The van der Waals surface area contributed by atoms with Crippen LogP contribution in [0.5, 0.6) is 0 Å². The number of aryl methyl sites for hydroxylation is 1. The predicted octanol–water partition coefficient (Wildman–Crippen LogP) is 3.75. The summed E-state index contributed by atoms with van der Waals surface area (Å²) in [7, 11) is 1.80. The van der Waals surface area contributed by atoms with Crippen molar-refractivity contribution in [2.75, 3.05) is 13.1 Å². The summed E-state index contributed by atoms with van der Waals surface area (Å²) in [5.41, 5.74) is 1.30. The third-order valence-corrected chi connectivity index (χ3v) is 5.67. The van der Waals surface area contributed by atoms with E-state index in [2.05, 4.69) is 27.4 Å². The Morgan fingerprint density at radius 2 is 2.08 bits per heavy atom. The summed E-state index contributed by atoms with van der Waals surface area (Å²) >= 11 is 1.61. The molecule has 0 unspecified atom stereocenters. The van der Waals surface area contributed by atoms with Crippen molar-refractivity contribution in [1.82, 2.24) is 24.9 Å². The lowest BCUT2D eigenvalue weighted by Gasteiger charge is -2.07. The Morgan fingerprint density at radius 1 is 1.20 bits per heavy atom. The molecule has 0 aliphatic carbocycles. The van der Waals surface area contributed by atoms with E-state index in [-0.39, 0.29) is 18.2 Å². The molecule has 1 aliphatic rings. The molecule has 0 bridgehead atoms. The van der Waals surface area contributed by atoms with Gasteiger partial charge < -0.3 is 5.32 Å². The maximum Gasteiger partial charge on any atom is 0.151 e. The van der Waals surface area contributed by atoms with Gasteiger partial charge in [-0.05, 0) is 36.7 Å². The molecule has 3 aromatic heterocycles. The number of thiophene rings is 1. The van der Waals surface area contributed by atoms with E-state index in [4.69, 9.17) is 5.10 Å². The van der Waals surface area contributed by atoms with Gasteiger partial charge in [-0.25, -0.2) is 4.39 Å². The smallest absolute Gasteiger partial charge is 0.151 e. The van der Waals surface area contributed by atoms with E-state index in [0.717, 1.165) is 45.6 Å². The Balaban J connectivity index is 0.00000157. The minimum Gasteiger partial charge on any atom is -0.315 e. The maximum absolute atomic E-state index is 14.3. The summed E-state index contributed by atoms with van der Waals surface area (Å²) in [6, 6.07) is 6.10. The van der Waals surface area contributed by atoms with Crippen molar-refractivity contribution in [3.05, 3.63) is 36.4 Å². The molecular weight excluding hydrogens is 361 g/mol. The summed E-state index contributed by atoms with van der Waals surface area (Å²) in [6.07, 6.45) is 5.06. The molecule has 1 atom stereocenters. The normalized spacial score (nSPS) is 17.4. The first-order valence-electron chi connectivity index (χ1n) is 8.00. The summed E-state index contributed by atoms with van der Waals surface area (Å²) in [4.78, 5) is 2.04. The van der Waals surface area contributed by atoms with Crippen molar-refractivity contribution in [3.63, 3.8) is 0 Å². The van der Waals surface area contributed by atoms with Crippen LogP contribution in [0.1, 0.15) is 12.5 Å². The van der Waals surface area contributed by atoms with E-state index in [1.54, 1.807) is 29.1 Å². The molecule has 0 saturated carbocycles. The molecule has 1 N–H and O–H groups in total. The Bertz CT molecular complexity index is 1030. The third kappa shape index (κ3) is 2.72. The minimum absolute atomic E-state index is 0. The molecule has 0 amide bonds. The van der Waals surface area contributed by atoms with Crippen LogP contribution in [0.15, 0.2) is 30.6 Å². The Morgan fingerprint density at radius 3 is 2.84 bits per heavy atom. The van der Waals surface area contributed by atoms with Gasteiger partial charge in [-0.3, -0.25) is 9.36 Å². The van der Waals surface area contributed by atoms with Crippen molar-refractivity contribution < 1.29 is 4.39 Å². The van der Waals surface area contributed by atoms with Gasteiger partial charge in [0.05, 0.1) is 6.04 Å². The van der Waals surface area contributed by atoms with Crippen LogP contribution in [-0.4, -0.2) is 32.7 Å². The van der Waals surface area contributed by atoms with E-state index < -0.39 is 0 Å². The molecule has 1 saturated heterocycles. The van der Waals surface area contributed by atoms with E-state index in [1.165, 1.54) is 0 Å². The Labute approximate surface area is 153 Å². The van der Waals surface area contributed by atoms with Crippen molar-refractivity contribution in [3.8, 4) is 10.4 Å². The molecule has 1 fully saturated rings. The summed E-state index contributed by atoms with van der Waals surface area (Å²) in [5.74, 6) is -0.281. The molecule has 1 aliphatic heterocycles. The van der Waals surface area contributed by atoms with Crippen LogP contribution in [0.4, 0.5) is 4.39 Å². The number of rotatable bonds is 2. The largest absolute Gasteiger partial charge is 0.315 e. The van der Waals surface area contributed by atoms with Gasteiger partial charge in [-0.1, -0.05) is 0 Å². The fourth-order valence-corrected chi connectivity index (χ4v) is 4.39. The zero-order valence-electron chi connectivity index (χ0n) is 13.6. The fraction of sp³-hybridized carbons (Fsp3) is 0.294. The van der Waals surface area contributed by atoms with Crippen LogP contribution in [-0.2, 0) is 7.05 Å². The molecule has 4 heterocycles. The number of halogens is 2. The SMILES string of the molecule is Cl.Cn1cc2cc(-c3cc4cn([C@H]5CCNC5)nc4s3)cc(F)c2n1. The van der Waals surface area contributed by atoms with Gasteiger partial charge in [-0.15, -0.1) is 23.7 Å². The van der Waals surface area contributed by atoms with Crippen LogP contribution in [0.2, 0.25) is 0 Å². The molecule has 130 valence electrons. The van der Waals surface area contributed by atoms with Crippen molar-refractivity contribution in [2.45, 2.75) is 12.5 Å². The van der Waals surface area contributed by atoms with Crippen LogP contribution in [0, 0.1) is 5.82 Å². The second-order valence-electron chi connectivity index (χ2n) is 6.33. The molecule has 4 aromatic rings. The van der Waals surface area contributed by atoms with Crippen LogP contribution < -0.4 is 5.32 Å². The number of nitrogens with zero attached hydrogens (tertiary/aromatic N) is 4. The second-order valence-corrected chi connectivity index (χ2v) is 7.36. The van der Waals surface area contributed by atoms with E-state index in [0.29, 0.717) is 11.6 Å². The first-order chi connectivity index (χ1) is 11.7. The van der Waals surface area contributed by atoms with Crippen molar-refractivity contribution in [2.24, 2.45) is 7.05 Å². The molecular formula is C17H17ClFN5S. The van der Waals surface area contributed by atoms with Gasteiger partial charge in [0.1, 0.15) is 10.3 Å². The highest BCUT2D eigenvalue weighted by Gasteiger charge is 2.19. The molecule has 25 heavy (non-hydrogen) atoms. The van der Waals surface area contributed by atoms with E-state index in [9.17, 15) is 4.39 Å². The zero-order valence-corrected chi connectivity index (χ0v) is 15.2. The van der Waals surface area contributed by atoms with Crippen LogP contribution in [0.25, 0.3) is 31.6 Å². The van der Waals surface area contributed by atoms with Gasteiger partial charge in [0.15, 0.2) is 5.82 Å². The summed E-state index contributed by atoms with van der Waals surface area (Å²) < 4.78 is 18.0. The highest BCUT2D eigenvalue weighted by molar-refractivity contribution is 7.21. The van der Waals surface area contributed by atoms with E-state index >= 15 is 0 Å². The highest BCUT2D eigenvalue weighted by atomic mass is 35.5. The Kier molecular flexibility index (Phi) is 4.02. The number of aromatic nitrogens is 4. The molecule has 8 heteroatoms. The number of fused-ring (bicyclic) bond motifs is 2. The first kappa shape index (κ1) is 16.5. The summed E-state index contributed by atoms with van der Waals surface area (Å²) in [6.45, 7) is 2.03. The quantitative estimate of drug-likeness (QED) is 0.578. The monoisotopic (exact) mass is 377 g/mol.